The highest BCUT2D eigenvalue weighted by Crippen LogP contribution is 2.28. The fourth-order valence-electron chi connectivity index (χ4n) is 1.87. The van der Waals surface area contributed by atoms with Gasteiger partial charge in [-0.3, -0.25) is 4.79 Å². The van der Waals surface area contributed by atoms with E-state index >= 15 is 0 Å². The van der Waals surface area contributed by atoms with Crippen LogP contribution in [0.25, 0.3) is 0 Å². The average Bonchev–Trinajstić information content (AvgIpc) is 2.38. The smallest absolute Gasteiger partial charge is 0.230 e. The van der Waals surface area contributed by atoms with Gasteiger partial charge in [-0.2, -0.15) is 0 Å². The van der Waals surface area contributed by atoms with E-state index in [1.807, 2.05) is 6.07 Å². The van der Waals surface area contributed by atoms with Crippen LogP contribution in [-0.4, -0.2) is 17.7 Å². The van der Waals surface area contributed by atoms with Crippen LogP contribution in [0, 0.1) is 0 Å². The zero-order valence-electron chi connectivity index (χ0n) is 12.1. The molecule has 1 aromatic carbocycles. The van der Waals surface area contributed by atoms with Crippen LogP contribution in [0.2, 0.25) is 5.02 Å². The van der Waals surface area contributed by atoms with E-state index in [0.717, 1.165) is 17.7 Å². The number of benzene rings is 1. The van der Waals surface area contributed by atoms with Gasteiger partial charge in [0.25, 0.3) is 0 Å². The molecule has 0 aliphatic carbocycles. The number of amides is 1. The fourth-order valence-corrected chi connectivity index (χ4v) is 2.95. The molecule has 1 aromatic rings. The standard InChI is InChI=1S/C15H23ClN2OS/c1-3-4-5-6-11(2)18-15(19)10-20-14-8-7-12(17)9-13(14)16/h7-9,11H,3-6,10,17H2,1-2H3,(H,18,19). The van der Waals surface area contributed by atoms with Gasteiger partial charge in [-0.05, 0) is 31.5 Å². The minimum Gasteiger partial charge on any atom is -0.399 e. The SMILES string of the molecule is CCCCCC(C)NC(=O)CSc1ccc(N)cc1Cl. The Bertz CT molecular complexity index is 440. The molecule has 0 aliphatic heterocycles. The summed E-state index contributed by atoms with van der Waals surface area (Å²) < 4.78 is 0. The van der Waals surface area contributed by atoms with Gasteiger partial charge in [-0.1, -0.05) is 37.8 Å². The molecule has 20 heavy (non-hydrogen) atoms. The number of hydrogen-bond acceptors (Lipinski definition) is 3. The minimum absolute atomic E-state index is 0.0480. The van der Waals surface area contributed by atoms with Crippen molar-refractivity contribution in [1.82, 2.24) is 5.32 Å². The number of nitrogens with one attached hydrogen (secondary N) is 1. The molecule has 3 nitrogen and oxygen atoms in total. The summed E-state index contributed by atoms with van der Waals surface area (Å²) in [4.78, 5) is 12.7. The maximum Gasteiger partial charge on any atom is 0.230 e. The van der Waals surface area contributed by atoms with E-state index in [0.29, 0.717) is 16.5 Å². The van der Waals surface area contributed by atoms with Gasteiger partial charge in [0.05, 0.1) is 10.8 Å². The Morgan fingerprint density at radius 3 is 2.85 bits per heavy atom. The van der Waals surface area contributed by atoms with E-state index < -0.39 is 0 Å². The van der Waals surface area contributed by atoms with Crippen LogP contribution >= 0.6 is 23.4 Å². The van der Waals surface area contributed by atoms with Gasteiger partial charge in [-0.25, -0.2) is 0 Å². The number of unbranched alkanes of at least 4 members (excludes halogenated alkanes) is 2. The summed E-state index contributed by atoms with van der Waals surface area (Å²) in [6.45, 7) is 4.23. The Hall–Kier alpha value is -0.870. The van der Waals surface area contributed by atoms with E-state index in [1.165, 1.54) is 24.6 Å². The zero-order chi connectivity index (χ0) is 15.0. The van der Waals surface area contributed by atoms with Crippen molar-refractivity contribution in [2.45, 2.75) is 50.5 Å². The van der Waals surface area contributed by atoms with Crippen molar-refractivity contribution in [3.05, 3.63) is 23.2 Å². The molecule has 0 saturated carbocycles. The first-order valence-electron chi connectivity index (χ1n) is 7.00. The van der Waals surface area contributed by atoms with Crippen molar-refractivity contribution in [3.8, 4) is 0 Å². The Morgan fingerprint density at radius 1 is 1.45 bits per heavy atom. The van der Waals surface area contributed by atoms with Gasteiger partial charge in [0, 0.05) is 16.6 Å². The number of hydrogen-bond donors (Lipinski definition) is 2. The topological polar surface area (TPSA) is 55.1 Å². The summed E-state index contributed by atoms with van der Waals surface area (Å²) in [7, 11) is 0. The van der Waals surface area contributed by atoms with E-state index in [4.69, 9.17) is 17.3 Å². The minimum atomic E-state index is 0.0480. The molecule has 0 heterocycles. The highest BCUT2D eigenvalue weighted by molar-refractivity contribution is 8.00. The van der Waals surface area contributed by atoms with Crippen LogP contribution in [0.1, 0.15) is 39.5 Å². The van der Waals surface area contributed by atoms with Crippen LogP contribution < -0.4 is 11.1 Å². The molecule has 0 radical (unpaired) electrons. The van der Waals surface area contributed by atoms with E-state index in [1.54, 1.807) is 12.1 Å². The third kappa shape index (κ3) is 6.53. The maximum absolute atomic E-state index is 11.8. The van der Waals surface area contributed by atoms with Crippen LogP contribution in [0.3, 0.4) is 0 Å². The lowest BCUT2D eigenvalue weighted by Gasteiger charge is -2.13. The molecular formula is C15H23ClN2OS. The highest BCUT2D eigenvalue weighted by atomic mass is 35.5. The van der Waals surface area contributed by atoms with E-state index in [2.05, 4.69) is 19.2 Å². The number of carbonyl (C=O) groups excluding carboxylic acids is 1. The molecule has 0 aromatic heterocycles. The number of thioether (sulfide) groups is 1. The average molecular weight is 315 g/mol. The predicted molar refractivity (Wildman–Crippen MR) is 88.3 cm³/mol. The fraction of sp³-hybridized carbons (Fsp3) is 0.533. The lowest BCUT2D eigenvalue weighted by molar-refractivity contribution is -0.119. The monoisotopic (exact) mass is 314 g/mol. The number of nitrogens with two attached hydrogens (primary N) is 1. The maximum atomic E-state index is 11.8. The molecule has 1 atom stereocenters. The van der Waals surface area contributed by atoms with Crippen molar-refractivity contribution in [2.75, 3.05) is 11.5 Å². The lowest BCUT2D eigenvalue weighted by Crippen LogP contribution is -2.33. The molecule has 0 saturated heterocycles. The quantitative estimate of drug-likeness (QED) is 0.431. The molecule has 1 amide bonds. The third-order valence-corrected chi connectivity index (χ3v) is 4.46. The number of halogens is 1. The number of carbonyl (C=O) groups is 1. The van der Waals surface area contributed by atoms with Crippen molar-refractivity contribution in [2.24, 2.45) is 0 Å². The summed E-state index contributed by atoms with van der Waals surface area (Å²) in [6.07, 6.45) is 4.61. The van der Waals surface area contributed by atoms with Gasteiger partial charge in [0.1, 0.15) is 0 Å². The van der Waals surface area contributed by atoms with E-state index in [-0.39, 0.29) is 11.9 Å². The molecule has 0 aliphatic rings. The molecule has 1 unspecified atom stereocenters. The molecule has 112 valence electrons. The molecule has 1 rings (SSSR count). The molecule has 3 N–H and O–H groups in total. The Balaban J connectivity index is 2.32. The van der Waals surface area contributed by atoms with Crippen LogP contribution in [-0.2, 0) is 4.79 Å². The Labute approximate surface area is 130 Å². The van der Waals surface area contributed by atoms with E-state index in [9.17, 15) is 4.79 Å². The van der Waals surface area contributed by atoms with Crippen molar-refractivity contribution < 1.29 is 4.79 Å². The number of anilines is 1. The van der Waals surface area contributed by atoms with Gasteiger partial charge < -0.3 is 11.1 Å². The molecule has 0 fully saturated rings. The Kier molecular flexibility index (Phi) is 7.85. The van der Waals surface area contributed by atoms with Gasteiger partial charge in [0.2, 0.25) is 5.91 Å². The number of nitrogen functional groups attached to an aromatic ring is 1. The first kappa shape index (κ1) is 17.2. The van der Waals surface area contributed by atoms with Crippen molar-refractivity contribution in [1.29, 1.82) is 0 Å². The zero-order valence-corrected chi connectivity index (χ0v) is 13.7. The van der Waals surface area contributed by atoms with Crippen molar-refractivity contribution in [3.63, 3.8) is 0 Å². The molecule has 5 heteroatoms. The third-order valence-electron chi connectivity index (χ3n) is 2.96. The van der Waals surface area contributed by atoms with Crippen molar-refractivity contribution >= 4 is 35.0 Å². The Morgan fingerprint density at radius 2 is 2.20 bits per heavy atom. The normalized spacial score (nSPS) is 12.2. The van der Waals surface area contributed by atoms with Gasteiger partial charge >= 0.3 is 0 Å². The highest BCUT2D eigenvalue weighted by Gasteiger charge is 2.09. The largest absolute Gasteiger partial charge is 0.399 e. The van der Waals surface area contributed by atoms with Crippen LogP contribution in [0.4, 0.5) is 5.69 Å². The predicted octanol–water partition coefficient (Wildman–Crippen LogP) is 4.10. The first-order chi connectivity index (χ1) is 9.52. The second-order valence-corrected chi connectivity index (χ2v) is 6.37. The summed E-state index contributed by atoms with van der Waals surface area (Å²) >= 11 is 7.51. The van der Waals surface area contributed by atoms with Crippen LogP contribution in [0.15, 0.2) is 23.1 Å². The molecular weight excluding hydrogens is 292 g/mol. The second kappa shape index (κ2) is 9.14. The molecule has 0 bridgehead atoms. The summed E-state index contributed by atoms with van der Waals surface area (Å²) in [5.74, 6) is 0.425. The van der Waals surface area contributed by atoms with Gasteiger partial charge in [0.15, 0.2) is 0 Å². The molecule has 0 spiro atoms. The van der Waals surface area contributed by atoms with Crippen LogP contribution in [0.5, 0.6) is 0 Å². The first-order valence-corrected chi connectivity index (χ1v) is 8.36. The summed E-state index contributed by atoms with van der Waals surface area (Å²) in [5, 5.41) is 3.61. The second-order valence-electron chi connectivity index (χ2n) is 4.94. The summed E-state index contributed by atoms with van der Waals surface area (Å²) in [5.41, 5.74) is 6.27. The lowest BCUT2D eigenvalue weighted by atomic mass is 10.1. The van der Waals surface area contributed by atoms with Gasteiger partial charge in [-0.15, -0.1) is 11.8 Å². The number of rotatable bonds is 8. The summed E-state index contributed by atoms with van der Waals surface area (Å²) in [6, 6.07) is 5.58.